The molecule has 3 rings (SSSR count). The van der Waals surface area contributed by atoms with Crippen LogP contribution in [0.5, 0.6) is 11.5 Å². The molecule has 1 aromatic heterocycles. The zero-order chi connectivity index (χ0) is 19.4. The molecule has 1 aliphatic heterocycles. The van der Waals surface area contributed by atoms with Crippen LogP contribution in [0.3, 0.4) is 0 Å². The number of piperidine rings is 1. The van der Waals surface area contributed by atoms with Crippen molar-refractivity contribution in [1.29, 1.82) is 0 Å². The predicted octanol–water partition coefficient (Wildman–Crippen LogP) is 4.05. The Kier molecular flexibility index (Phi) is 10.2. The Bertz CT molecular complexity index is 814. The molecule has 0 aliphatic carbocycles. The third-order valence-electron chi connectivity index (χ3n) is 4.92. The molecule has 2 aromatic rings. The largest absolute Gasteiger partial charge is 0.493 e. The Morgan fingerprint density at radius 2 is 2.00 bits per heavy atom. The number of rotatable bonds is 6. The van der Waals surface area contributed by atoms with Gasteiger partial charge in [-0.15, -0.1) is 36.2 Å². The average molecular weight is 462 g/mol. The van der Waals surface area contributed by atoms with E-state index >= 15 is 0 Å². The first-order chi connectivity index (χ1) is 13.1. The van der Waals surface area contributed by atoms with Gasteiger partial charge in [0.25, 0.3) is 5.91 Å². The molecular weight excluding hydrogens is 433 g/mol. The molecule has 0 radical (unpaired) electrons. The number of hydrogen-bond donors (Lipinski definition) is 1. The lowest BCUT2D eigenvalue weighted by Crippen LogP contribution is -2.42. The lowest BCUT2D eigenvalue weighted by Gasteiger charge is -2.32. The summed E-state index contributed by atoms with van der Waals surface area (Å²) in [5.41, 5.74) is 1.71. The first-order valence-electron chi connectivity index (χ1n) is 9.21. The number of thiazole rings is 1. The highest BCUT2D eigenvalue weighted by Crippen LogP contribution is 2.35. The van der Waals surface area contributed by atoms with Crippen molar-refractivity contribution in [3.05, 3.63) is 28.8 Å². The highest BCUT2D eigenvalue weighted by atomic mass is 35.5. The van der Waals surface area contributed by atoms with E-state index in [-0.39, 0.29) is 30.7 Å². The first-order valence-corrected chi connectivity index (χ1v) is 10.0. The summed E-state index contributed by atoms with van der Waals surface area (Å²) in [4.78, 5) is 20.4. The third-order valence-corrected chi connectivity index (χ3v) is 6.11. The van der Waals surface area contributed by atoms with Crippen LogP contribution in [0.4, 0.5) is 0 Å². The van der Waals surface area contributed by atoms with Crippen molar-refractivity contribution < 1.29 is 14.3 Å². The van der Waals surface area contributed by atoms with Crippen molar-refractivity contribution in [3.8, 4) is 22.1 Å². The Hall–Kier alpha value is -1.54. The number of nitrogens with zero attached hydrogens (tertiary/aromatic N) is 2. The van der Waals surface area contributed by atoms with Gasteiger partial charge in [0.1, 0.15) is 9.88 Å². The van der Waals surface area contributed by atoms with Crippen molar-refractivity contribution in [1.82, 2.24) is 15.2 Å². The summed E-state index contributed by atoms with van der Waals surface area (Å²) in [6.45, 7) is 4.48. The summed E-state index contributed by atoms with van der Waals surface area (Å²) in [5.74, 6) is 1.94. The van der Waals surface area contributed by atoms with Crippen LogP contribution in [0.25, 0.3) is 10.6 Å². The summed E-state index contributed by atoms with van der Waals surface area (Å²) in [6.07, 6.45) is 2.22. The molecule has 9 heteroatoms. The number of halogens is 2. The molecule has 1 fully saturated rings. The van der Waals surface area contributed by atoms with Crippen molar-refractivity contribution in [3.63, 3.8) is 0 Å². The van der Waals surface area contributed by atoms with Crippen LogP contribution >= 0.6 is 36.2 Å². The van der Waals surface area contributed by atoms with Gasteiger partial charge in [0, 0.05) is 18.7 Å². The molecule has 1 N–H and O–H groups in total. The first kappa shape index (κ1) is 25.5. The zero-order valence-corrected chi connectivity index (χ0v) is 19.6. The highest BCUT2D eigenvalue weighted by Gasteiger charge is 2.27. The maximum Gasteiger partial charge on any atom is 0.265 e. The second-order valence-electron chi connectivity index (χ2n) is 6.82. The molecule has 1 aliphatic rings. The SMILES string of the molecule is CNCC1CCCN(C(=O)c2sc(-c3ccc(OC)c(OC)c3)nc2C)C1.Cl.Cl. The monoisotopic (exact) mass is 461 g/mol. The van der Waals surface area contributed by atoms with Gasteiger partial charge in [-0.3, -0.25) is 4.79 Å². The molecule has 162 valence electrons. The molecular formula is C20H29Cl2N3O3S. The summed E-state index contributed by atoms with van der Waals surface area (Å²) >= 11 is 1.45. The molecule has 0 bridgehead atoms. The minimum atomic E-state index is 0. The molecule has 1 atom stereocenters. The lowest BCUT2D eigenvalue weighted by atomic mass is 9.98. The zero-order valence-electron chi connectivity index (χ0n) is 17.2. The lowest BCUT2D eigenvalue weighted by molar-refractivity contribution is 0.0678. The number of amides is 1. The minimum Gasteiger partial charge on any atom is -0.493 e. The number of hydrogen-bond acceptors (Lipinski definition) is 6. The quantitative estimate of drug-likeness (QED) is 0.702. The van der Waals surface area contributed by atoms with Crippen molar-refractivity contribution in [2.24, 2.45) is 5.92 Å². The van der Waals surface area contributed by atoms with E-state index in [1.54, 1.807) is 14.2 Å². The molecule has 2 heterocycles. The van der Waals surface area contributed by atoms with Gasteiger partial charge in [-0.2, -0.15) is 0 Å². The number of carbonyl (C=O) groups excluding carboxylic acids is 1. The maximum atomic E-state index is 13.1. The fourth-order valence-electron chi connectivity index (χ4n) is 3.54. The Morgan fingerprint density at radius 1 is 1.28 bits per heavy atom. The smallest absolute Gasteiger partial charge is 0.265 e. The van der Waals surface area contributed by atoms with E-state index in [2.05, 4.69) is 10.3 Å². The summed E-state index contributed by atoms with van der Waals surface area (Å²) < 4.78 is 10.7. The molecule has 0 spiro atoms. The summed E-state index contributed by atoms with van der Waals surface area (Å²) in [6, 6.07) is 5.70. The van der Waals surface area contributed by atoms with Gasteiger partial charge in [-0.25, -0.2) is 4.98 Å². The van der Waals surface area contributed by atoms with Crippen LogP contribution in [0.1, 0.15) is 28.2 Å². The predicted molar refractivity (Wildman–Crippen MR) is 122 cm³/mol. The fraction of sp³-hybridized carbons (Fsp3) is 0.500. The Balaban J connectivity index is 0.00000210. The number of aryl methyl sites for hydroxylation is 1. The molecule has 6 nitrogen and oxygen atoms in total. The second kappa shape index (κ2) is 11.6. The van der Waals surface area contributed by atoms with Crippen LogP contribution in [-0.4, -0.2) is 56.7 Å². The Morgan fingerprint density at radius 3 is 2.66 bits per heavy atom. The Labute approximate surface area is 188 Å². The fourth-order valence-corrected chi connectivity index (χ4v) is 4.57. The summed E-state index contributed by atoms with van der Waals surface area (Å²) in [5, 5.41) is 4.04. The molecule has 1 unspecified atom stereocenters. The van der Waals surface area contributed by atoms with Gasteiger partial charge in [0.2, 0.25) is 0 Å². The standard InChI is InChI=1S/C20H27N3O3S.2ClH/c1-13-18(20(24)23-9-5-6-14(12-23)11-21-2)27-19(22-13)15-7-8-16(25-3)17(10-15)26-4;;/h7-8,10,14,21H,5-6,9,11-12H2,1-4H3;2*1H. The number of likely N-dealkylation sites (tertiary alicyclic amines) is 1. The van der Waals surface area contributed by atoms with Crippen molar-refractivity contribution >= 4 is 42.1 Å². The van der Waals surface area contributed by atoms with E-state index in [0.29, 0.717) is 17.4 Å². The van der Waals surface area contributed by atoms with E-state index in [4.69, 9.17) is 9.47 Å². The van der Waals surface area contributed by atoms with E-state index in [1.807, 2.05) is 37.1 Å². The van der Waals surface area contributed by atoms with E-state index in [9.17, 15) is 4.79 Å². The van der Waals surface area contributed by atoms with Crippen LogP contribution in [0.2, 0.25) is 0 Å². The van der Waals surface area contributed by atoms with Crippen molar-refractivity contribution in [2.45, 2.75) is 19.8 Å². The van der Waals surface area contributed by atoms with E-state index in [0.717, 1.165) is 47.2 Å². The van der Waals surface area contributed by atoms with E-state index in [1.165, 1.54) is 17.8 Å². The van der Waals surface area contributed by atoms with Gasteiger partial charge in [0.05, 0.1) is 19.9 Å². The normalized spacial score (nSPS) is 15.9. The number of nitrogens with one attached hydrogen (secondary N) is 1. The number of methoxy groups -OCH3 is 2. The topological polar surface area (TPSA) is 63.7 Å². The second-order valence-corrected chi connectivity index (χ2v) is 7.82. The number of aromatic nitrogens is 1. The molecule has 29 heavy (non-hydrogen) atoms. The number of ether oxygens (including phenoxy) is 2. The molecule has 1 aromatic carbocycles. The van der Waals surface area contributed by atoms with Crippen LogP contribution in [0.15, 0.2) is 18.2 Å². The van der Waals surface area contributed by atoms with E-state index < -0.39 is 0 Å². The molecule has 1 amide bonds. The van der Waals surface area contributed by atoms with Crippen LogP contribution in [-0.2, 0) is 0 Å². The third kappa shape index (κ3) is 5.75. The highest BCUT2D eigenvalue weighted by molar-refractivity contribution is 7.17. The van der Waals surface area contributed by atoms with Gasteiger partial charge in [-0.05, 0) is 57.5 Å². The van der Waals surface area contributed by atoms with Gasteiger partial charge in [-0.1, -0.05) is 0 Å². The molecule has 0 saturated carbocycles. The van der Waals surface area contributed by atoms with Gasteiger partial charge >= 0.3 is 0 Å². The molecule has 1 saturated heterocycles. The maximum absolute atomic E-state index is 13.1. The van der Waals surface area contributed by atoms with Gasteiger partial charge < -0.3 is 19.7 Å². The summed E-state index contributed by atoms with van der Waals surface area (Å²) in [7, 11) is 5.19. The average Bonchev–Trinajstić information content (AvgIpc) is 3.09. The number of carbonyl (C=O) groups is 1. The van der Waals surface area contributed by atoms with Crippen LogP contribution < -0.4 is 14.8 Å². The van der Waals surface area contributed by atoms with Gasteiger partial charge in [0.15, 0.2) is 11.5 Å². The number of benzene rings is 1. The minimum absolute atomic E-state index is 0. The van der Waals surface area contributed by atoms with Crippen molar-refractivity contribution in [2.75, 3.05) is 40.9 Å². The van der Waals surface area contributed by atoms with Crippen LogP contribution in [0, 0.1) is 12.8 Å².